The highest BCUT2D eigenvalue weighted by Gasteiger charge is 2.55. The summed E-state index contributed by atoms with van der Waals surface area (Å²) in [4.78, 5) is 0. The van der Waals surface area contributed by atoms with E-state index in [2.05, 4.69) is 13.0 Å². The van der Waals surface area contributed by atoms with Crippen LogP contribution in [0.3, 0.4) is 0 Å². The maximum absolute atomic E-state index is 8.55. The topological polar surface area (TPSA) is 23.8 Å². The summed E-state index contributed by atoms with van der Waals surface area (Å²) in [6.45, 7) is 2.29. The van der Waals surface area contributed by atoms with E-state index in [-0.39, 0.29) is 0 Å². The van der Waals surface area contributed by atoms with Crippen LogP contribution in [-0.4, -0.2) is 0 Å². The number of hydrogen-bond acceptors (Lipinski definition) is 1. The van der Waals surface area contributed by atoms with E-state index in [1.165, 1.54) is 12.8 Å². The second kappa shape index (κ2) is 1.50. The summed E-state index contributed by atoms with van der Waals surface area (Å²) >= 11 is 0. The molecule has 1 heteroatoms. The Hall–Kier alpha value is -0.510. The first-order valence-corrected chi connectivity index (χ1v) is 3.72. The van der Waals surface area contributed by atoms with Gasteiger partial charge in [-0.3, -0.25) is 0 Å². The van der Waals surface area contributed by atoms with Crippen LogP contribution in [-0.2, 0) is 0 Å². The van der Waals surface area contributed by atoms with Crippen molar-refractivity contribution in [3.8, 4) is 6.07 Å². The van der Waals surface area contributed by atoms with E-state index in [9.17, 15) is 0 Å². The van der Waals surface area contributed by atoms with Crippen molar-refractivity contribution >= 4 is 0 Å². The molecular formula is C8H11N. The fourth-order valence-corrected chi connectivity index (χ4v) is 2.30. The zero-order valence-corrected chi connectivity index (χ0v) is 5.67. The predicted molar refractivity (Wildman–Crippen MR) is 34.5 cm³/mol. The molecule has 9 heavy (non-hydrogen) atoms. The van der Waals surface area contributed by atoms with E-state index >= 15 is 0 Å². The number of nitrogens with zero attached hydrogens (tertiary/aromatic N) is 1. The lowest BCUT2D eigenvalue weighted by Crippen LogP contribution is -1.93. The Labute approximate surface area is 55.7 Å². The van der Waals surface area contributed by atoms with E-state index in [0.29, 0.717) is 5.92 Å². The second-order valence-corrected chi connectivity index (χ2v) is 3.56. The highest BCUT2D eigenvalue weighted by atomic mass is 14.6. The monoisotopic (exact) mass is 121 g/mol. The quantitative estimate of drug-likeness (QED) is 0.479. The van der Waals surface area contributed by atoms with E-state index in [0.717, 1.165) is 17.8 Å². The van der Waals surface area contributed by atoms with Gasteiger partial charge in [-0.25, -0.2) is 0 Å². The van der Waals surface area contributed by atoms with Crippen molar-refractivity contribution in [3.05, 3.63) is 0 Å². The van der Waals surface area contributed by atoms with Crippen molar-refractivity contribution in [3.63, 3.8) is 0 Å². The van der Waals surface area contributed by atoms with Gasteiger partial charge in [0.05, 0.1) is 12.0 Å². The van der Waals surface area contributed by atoms with Crippen LogP contribution in [0.15, 0.2) is 0 Å². The summed E-state index contributed by atoms with van der Waals surface area (Å²) in [7, 11) is 0. The van der Waals surface area contributed by atoms with Gasteiger partial charge in [0, 0.05) is 0 Å². The maximum atomic E-state index is 8.55. The third-order valence-electron chi connectivity index (χ3n) is 2.83. The zero-order valence-electron chi connectivity index (χ0n) is 5.67. The van der Waals surface area contributed by atoms with Crippen molar-refractivity contribution in [2.24, 2.45) is 23.7 Å². The molecule has 2 aliphatic rings. The van der Waals surface area contributed by atoms with E-state index < -0.39 is 0 Å². The minimum absolute atomic E-state index is 0.459. The second-order valence-electron chi connectivity index (χ2n) is 3.56. The normalized spacial score (nSPS) is 54.2. The van der Waals surface area contributed by atoms with E-state index in [4.69, 9.17) is 5.26 Å². The number of rotatable bonds is 0. The van der Waals surface area contributed by atoms with Crippen LogP contribution in [0.5, 0.6) is 0 Å². The van der Waals surface area contributed by atoms with Crippen LogP contribution in [0.2, 0.25) is 0 Å². The SMILES string of the molecule is CC1C[C@@H]2C(C#N)[C@@H]2C1. The molecule has 2 rings (SSSR count). The first-order valence-electron chi connectivity index (χ1n) is 3.72. The number of hydrogen-bond donors (Lipinski definition) is 0. The third-order valence-corrected chi connectivity index (χ3v) is 2.83. The Morgan fingerprint density at radius 1 is 1.33 bits per heavy atom. The number of nitriles is 1. The first kappa shape index (κ1) is 5.29. The molecule has 0 aromatic heterocycles. The van der Waals surface area contributed by atoms with Crippen LogP contribution >= 0.6 is 0 Å². The molecule has 0 amide bonds. The van der Waals surface area contributed by atoms with Gasteiger partial charge in [-0.1, -0.05) is 6.92 Å². The summed E-state index contributed by atoms with van der Waals surface area (Å²) in [5, 5.41) is 8.55. The lowest BCUT2D eigenvalue weighted by Gasteiger charge is -2.01. The van der Waals surface area contributed by atoms with Crippen LogP contribution in [0.1, 0.15) is 19.8 Å². The Morgan fingerprint density at radius 2 is 1.89 bits per heavy atom. The lowest BCUT2D eigenvalue weighted by molar-refractivity contribution is 0.507. The summed E-state index contributed by atoms with van der Waals surface area (Å²) in [5.41, 5.74) is 0. The van der Waals surface area contributed by atoms with Crippen molar-refractivity contribution in [2.75, 3.05) is 0 Å². The number of fused-ring (bicyclic) bond motifs is 1. The minimum atomic E-state index is 0.459. The Morgan fingerprint density at radius 3 is 2.33 bits per heavy atom. The molecule has 0 aromatic carbocycles. The summed E-state index contributed by atoms with van der Waals surface area (Å²) < 4.78 is 0. The molecule has 2 aliphatic carbocycles. The average Bonchev–Trinajstić information content (AvgIpc) is 2.30. The zero-order chi connectivity index (χ0) is 6.43. The Balaban J connectivity index is 2.00. The molecule has 0 heterocycles. The minimum Gasteiger partial charge on any atom is -0.198 e. The van der Waals surface area contributed by atoms with Crippen LogP contribution in [0.4, 0.5) is 0 Å². The molecule has 2 unspecified atom stereocenters. The molecule has 0 saturated heterocycles. The largest absolute Gasteiger partial charge is 0.198 e. The van der Waals surface area contributed by atoms with Gasteiger partial charge >= 0.3 is 0 Å². The molecule has 0 radical (unpaired) electrons. The van der Waals surface area contributed by atoms with Gasteiger partial charge in [-0.2, -0.15) is 5.26 Å². The molecule has 2 fully saturated rings. The Bertz CT molecular complexity index is 156. The molecule has 0 aromatic rings. The summed E-state index contributed by atoms with van der Waals surface area (Å²) in [6, 6.07) is 2.36. The van der Waals surface area contributed by atoms with E-state index in [1.54, 1.807) is 0 Å². The maximum Gasteiger partial charge on any atom is 0.0661 e. The van der Waals surface area contributed by atoms with Gasteiger partial charge in [0.15, 0.2) is 0 Å². The summed E-state index contributed by atoms with van der Waals surface area (Å²) in [6.07, 6.45) is 2.64. The molecule has 4 atom stereocenters. The van der Waals surface area contributed by atoms with E-state index in [1.807, 2.05) is 0 Å². The van der Waals surface area contributed by atoms with Gasteiger partial charge in [-0.15, -0.1) is 0 Å². The van der Waals surface area contributed by atoms with Crippen molar-refractivity contribution < 1.29 is 0 Å². The molecule has 1 nitrogen and oxygen atoms in total. The smallest absolute Gasteiger partial charge is 0.0661 e. The first-order chi connectivity index (χ1) is 4.33. The van der Waals surface area contributed by atoms with Crippen molar-refractivity contribution in [1.29, 1.82) is 5.26 Å². The van der Waals surface area contributed by atoms with Crippen molar-refractivity contribution in [2.45, 2.75) is 19.8 Å². The highest BCUT2D eigenvalue weighted by Crippen LogP contribution is 2.58. The highest BCUT2D eigenvalue weighted by molar-refractivity contribution is 5.12. The molecular weight excluding hydrogens is 110 g/mol. The molecule has 48 valence electrons. The standard InChI is InChI=1S/C8H11N/c1-5-2-6-7(3-5)8(6)4-9/h5-8H,2-3H2,1H3/t5?,6-,7+,8?. The predicted octanol–water partition coefficient (Wildman–Crippen LogP) is 1.80. The van der Waals surface area contributed by atoms with Gasteiger partial charge in [0.2, 0.25) is 0 Å². The lowest BCUT2D eigenvalue weighted by atomic mass is 10.0. The molecule has 0 spiro atoms. The van der Waals surface area contributed by atoms with Crippen molar-refractivity contribution in [1.82, 2.24) is 0 Å². The third kappa shape index (κ3) is 0.594. The summed E-state index contributed by atoms with van der Waals surface area (Å²) in [5.74, 6) is 2.99. The molecule has 0 aliphatic heterocycles. The molecule has 0 bridgehead atoms. The van der Waals surface area contributed by atoms with Crippen LogP contribution in [0, 0.1) is 35.0 Å². The van der Waals surface area contributed by atoms with Gasteiger partial charge in [0.25, 0.3) is 0 Å². The molecule has 0 N–H and O–H groups in total. The van der Waals surface area contributed by atoms with Gasteiger partial charge < -0.3 is 0 Å². The van der Waals surface area contributed by atoms with Gasteiger partial charge in [-0.05, 0) is 30.6 Å². The van der Waals surface area contributed by atoms with Gasteiger partial charge in [0.1, 0.15) is 0 Å². The van der Waals surface area contributed by atoms with Crippen LogP contribution in [0.25, 0.3) is 0 Å². The molecule has 2 saturated carbocycles. The van der Waals surface area contributed by atoms with Crippen LogP contribution < -0.4 is 0 Å². The fourth-order valence-electron chi connectivity index (χ4n) is 2.30. The Kier molecular flexibility index (Phi) is 0.883. The fraction of sp³-hybridized carbons (Fsp3) is 0.875. The average molecular weight is 121 g/mol.